The number of carbonyl (C=O) groups is 2. The van der Waals surface area contributed by atoms with Crippen molar-refractivity contribution in [3.05, 3.63) is 34.2 Å². The maximum Gasteiger partial charge on any atom is 0.329 e. The fourth-order valence-corrected chi connectivity index (χ4v) is 5.21. The number of nitrogens with zero attached hydrogens (tertiary/aromatic N) is 3. The van der Waals surface area contributed by atoms with Gasteiger partial charge in [-0.05, 0) is 68.8 Å². The number of fused-ring (bicyclic) bond motifs is 1. The molecule has 2 aliphatic heterocycles. The van der Waals surface area contributed by atoms with E-state index in [4.69, 9.17) is 0 Å². The molecule has 5 rings (SSSR count). The van der Waals surface area contributed by atoms with Gasteiger partial charge in [0.15, 0.2) is 0 Å². The highest BCUT2D eigenvalue weighted by Crippen LogP contribution is 2.34. The van der Waals surface area contributed by atoms with Gasteiger partial charge in [0.1, 0.15) is 6.04 Å². The van der Waals surface area contributed by atoms with Gasteiger partial charge in [-0.15, -0.1) is 0 Å². The Balaban J connectivity index is 1.43. The second kappa shape index (κ2) is 7.13. The lowest BCUT2D eigenvalue weighted by Gasteiger charge is -2.42. The maximum atomic E-state index is 12.9. The minimum atomic E-state index is -0.625. The number of nitrogens with one attached hydrogen (secondary N) is 1. The lowest BCUT2D eigenvalue weighted by atomic mass is 9.85. The Kier molecular flexibility index (Phi) is 4.57. The summed E-state index contributed by atoms with van der Waals surface area (Å²) in [4.78, 5) is 39.4. The number of likely N-dealkylation sites (tertiary alicyclic amines) is 1. The van der Waals surface area contributed by atoms with E-state index in [1.54, 1.807) is 16.2 Å². The summed E-state index contributed by atoms with van der Waals surface area (Å²) in [5.41, 5.74) is 2.70. The van der Waals surface area contributed by atoms with Crippen molar-refractivity contribution in [3.63, 3.8) is 0 Å². The normalized spacial score (nSPS) is 24.7. The molecule has 1 N–H and O–H groups in total. The van der Waals surface area contributed by atoms with E-state index >= 15 is 0 Å². The molecular weight excluding hydrogens is 368 g/mol. The molecule has 0 bridgehead atoms. The molecule has 1 saturated carbocycles. The average Bonchev–Trinajstić information content (AvgIpc) is 2.92. The minimum Gasteiger partial charge on any atom is -0.300 e. The van der Waals surface area contributed by atoms with Crippen molar-refractivity contribution in [2.45, 2.75) is 62.9 Å². The molecule has 29 heavy (non-hydrogen) atoms. The molecule has 0 radical (unpaired) electrons. The summed E-state index contributed by atoms with van der Waals surface area (Å²) < 4.78 is 3.19. The van der Waals surface area contributed by atoms with E-state index in [0.29, 0.717) is 12.3 Å². The van der Waals surface area contributed by atoms with Crippen LogP contribution in [0.15, 0.2) is 23.0 Å². The first kappa shape index (κ1) is 18.6. The highest BCUT2D eigenvalue weighted by molar-refractivity contribution is 6.00. The van der Waals surface area contributed by atoms with Crippen LogP contribution in [-0.2, 0) is 16.6 Å². The first-order valence-corrected chi connectivity index (χ1v) is 10.8. The van der Waals surface area contributed by atoms with Crippen LogP contribution in [0.1, 0.15) is 62.5 Å². The van der Waals surface area contributed by atoms with E-state index in [9.17, 15) is 14.4 Å². The molecule has 0 spiro atoms. The molecule has 7 nitrogen and oxygen atoms in total. The Morgan fingerprint density at radius 3 is 2.38 bits per heavy atom. The number of benzene rings is 1. The van der Waals surface area contributed by atoms with Crippen LogP contribution in [0.5, 0.6) is 0 Å². The highest BCUT2D eigenvalue weighted by atomic mass is 16.2. The fraction of sp³-hybridized carbons (Fsp3) is 0.591. The number of imidazole rings is 1. The second-order valence-corrected chi connectivity index (χ2v) is 8.82. The van der Waals surface area contributed by atoms with Crippen molar-refractivity contribution in [2.75, 3.05) is 13.1 Å². The van der Waals surface area contributed by atoms with Gasteiger partial charge in [-0.1, -0.05) is 12.5 Å². The van der Waals surface area contributed by atoms with Crippen LogP contribution in [0.25, 0.3) is 11.0 Å². The molecule has 1 aromatic carbocycles. The number of hydrogen-bond donors (Lipinski definition) is 1. The van der Waals surface area contributed by atoms with Crippen molar-refractivity contribution in [1.29, 1.82) is 0 Å². The lowest BCUT2D eigenvalue weighted by Crippen LogP contribution is -2.44. The molecule has 1 unspecified atom stereocenters. The monoisotopic (exact) mass is 396 g/mol. The minimum absolute atomic E-state index is 0.202. The molecule has 3 fully saturated rings. The molecule has 1 atom stereocenters. The first-order valence-electron chi connectivity index (χ1n) is 10.8. The molecule has 1 aliphatic carbocycles. The van der Waals surface area contributed by atoms with E-state index in [-0.39, 0.29) is 23.9 Å². The Morgan fingerprint density at radius 2 is 1.72 bits per heavy atom. The van der Waals surface area contributed by atoms with Crippen molar-refractivity contribution >= 4 is 22.8 Å². The zero-order valence-electron chi connectivity index (χ0n) is 16.9. The number of aryl methyl sites for hydroxylation is 1. The Labute approximate surface area is 169 Å². The standard InChI is InChI=1S/C22H28N4O3/c1-24-19-13-15(14-9-11-25(12-10-14)16-3-2-4-16)5-6-17(19)26(22(24)29)18-7-8-20(27)23-21(18)28/h5-6,13-14,16,18H,2-4,7-12H2,1H3,(H,23,27,28). The van der Waals surface area contributed by atoms with Gasteiger partial charge < -0.3 is 4.90 Å². The summed E-state index contributed by atoms with van der Waals surface area (Å²) in [6, 6.07) is 6.41. The number of imide groups is 1. The van der Waals surface area contributed by atoms with E-state index in [1.165, 1.54) is 24.8 Å². The lowest BCUT2D eigenvalue weighted by molar-refractivity contribution is -0.135. The fourth-order valence-electron chi connectivity index (χ4n) is 5.21. The van der Waals surface area contributed by atoms with Crippen LogP contribution in [0.3, 0.4) is 0 Å². The summed E-state index contributed by atoms with van der Waals surface area (Å²) in [5.74, 6) is -0.136. The zero-order valence-corrected chi connectivity index (χ0v) is 16.9. The van der Waals surface area contributed by atoms with Gasteiger partial charge in [-0.3, -0.25) is 24.0 Å². The molecule has 154 valence electrons. The van der Waals surface area contributed by atoms with Gasteiger partial charge in [0.05, 0.1) is 11.0 Å². The van der Waals surface area contributed by atoms with Crippen molar-refractivity contribution in [1.82, 2.24) is 19.4 Å². The van der Waals surface area contributed by atoms with Gasteiger partial charge in [0, 0.05) is 19.5 Å². The van der Waals surface area contributed by atoms with Crippen molar-refractivity contribution < 1.29 is 9.59 Å². The van der Waals surface area contributed by atoms with E-state index in [2.05, 4.69) is 22.3 Å². The number of amides is 2. The summed E-state index contributed by atoms with van der Waals surface area (Å²) >= 11 is 0. The van der Waals surface area contributed by atoms with Gasteiger partial charge in [0.2, 0.25) is 11.8 Å². The molecule has 3 aliphatic rings. The second-order valence-electron chi connectivity index (χ2n) is 8.82. The molecule has 7 heteroatoms. The molecule has 2 aromatic rings. The van der Waals surface area contributed by atoms with Crippen LogP contribution >= 0.6 is 0 Å². The number of hydrogen-bond acceptors (Lipinski definition) is 4. The maximum absolute atomic E-state index is 12.9. The summed E-state index contributed by atoms with van der Waals surface area (Å²) in [5, 5.41) is 2.36. The number of rotatable bonds is 3. The van der Waals surface area contributed by atoms with Crippen LogP contribution in [0, 0.1) is 0 Å². The third-order valence-electron chi connectivity index (χ3n) is 7.23. The summed E-state index contributed by atoms with van der Waals surface area (Å²) in [6.45, 7) is 2.31. The topological polar surface area (TPSA) is 76.3 Å². The SMILES string of the molecule is Cn1c(=O)n(C2CCC(=O)NC2=O)c2ccc(C3CCN(C4CCC4)CC3)cc21. The van der Waals surface area contributed by atoms with Crippen LogP contribution in [0.4, 0.5) is 0 Å². The van der Waals surface area contributed by atoms with E-state index in [1.807, 2.05) is 6.07 Å². The number of carbonyl (C=O) groups excluding carboxylic acids is 2. The quantitative estimate of drug-likeness (QED) is 0.806. The van der Waals surface area contributed by atoms with Crippen molar-refractivity contribution in [2.24, 2.45) is 7.05 Å². The first-order chi connectivity index (χ1) is 14.0. The molecular formula is C22H28N4O3. The molecule has 1 aromatic heterocycles. The molecule has 2 amide bonds. The van der Waals surface area contributed by atoms with E-state index < -0.39 is 6.04 Å². The number of aromatic nitrogens is 2. The van der Waals surface area contributed by atoms with Crippen LogP contribution < -0.4 is 11.0 Å². The van der Waals surface area contributed by atoms with Gasteiger partial charge >= 0.3 is 5.69 Å². The Morgan fingerprint density at radius 1 is 0.966 bits per heavy atom. The zero-order chi connectivity index (χ0) is 20.1. The Bertz CT molecular complexity index is 1020. The largest absolute Gasteiger partial charge is 0.329 e. The van der Waals surface area contributed by atoms with Gasteiger partial charge in [0.25, 0.3) is 0 Å². The Hall–Kier alpha value is -2.41. The van der Waals surface area contributed by atoms with E-state index in [0.717, 1.165) is 43.0 Å². The van der Waals surface area contributed by atoms with Crippen molar-refractivity contribution in [3.8, 4) is 0 Å². The van der Waals surface area contributed by atoms with Crippen LogP contribution in [-0.4, -0.2) is 45.0 Å². The predicted octanol–water partition coefficient (Wildman–Crippen LogP) is 2.05. The van der Waals surface area contributed by atoms with Crippen LogP contribution in [0.2, 0.25) is 0 Å². The third kappa shape index (κ3) is 3.12. The highest BCUT2D eigenvalue weighted by Gasteiger charge is 2.32. The number of piperidine rings is 2. The molecule has 3 heterocycles. The van der Waals surface area contributed by atoms with Gasteiger partial charge in [-0.2, -0.15) is 0 Å². The third-order valence-corrected chi connectivity index (χ3v) is 7.23. The van der Waals surface area contributed by atoms with Gasteiger partial charge in [-0.25, -0.2) is 4.79 Å². The summed E-state index contributed by atoms with van der Waals surface area (Å²) in [6.07, 6.45) is 7.02. The summed E-state index contributed by atoms with van der Waals surface area (Å²) in [7, 11) is 1.76. The smallest absolute Gasteiger partial charge is 0.300 e. The predicted molar refractivity (Wildman–Crippen MR) is 110 cm³/mol. The molecule has 2 saturated heterocycles. The average molecular weight is 396 g/mol.